The van der Waals surface area contributed by atoms with Gasteiger partial charge in [0.25, 0.3) is 0 Å². The van der Waals surface area contributed by atoms with Crippen LogP contribution in [0.25, 0.3) is 0 Å². The molecule has 0 saturated carbocycles. The van der Waals surface area contributed by atoms with Crippen LogP contribution < -0.4 is 23.1 Å². The summed E-state index contributed by atoms with van der Waals surface area (Å²) in [4.78, 5) is 2.00. The van der Waals surface area contributed by atoms with Gasteiger partial charge < -0.3 is 32.5 Å². The lowest BCUT2D eigenvalue weighted by Gasteiger charge is -2.23. The Hall–Kier alpha value is 1.32. The SMILES string of the molecule is Br.Br.CCCCCCCCCCCCCCCC[N+](C)(C)C.CN(C)C.N.[Br-]. The fraction of sp³-hybridized carbons (Fsp3) is 1.00. The van der Waals surface area contributed by atoms with E-state index in [-0.39, 0.29) is 57.1 Å². The van der Waals surface area contributed by atoms with E-state index in [9.17, 15) is 0 Å². The molecule has 0 radical (unpaired) electrons. The highest BCUT2D eigenvalue weighted by molar-refractivity contribution is 8.93. The average Bonchev–Trinajstić information content (AvgIpc) is 2.46. The molecule has 0 aliphatic rings. The highest BCUT2D eigenvalue weighted by atomic mass is 79.9. The molecule has 0 saturated heterocycles. The highest BCUT2D eigenvalue weighted by Gasteiger charge is 2.04. The normalized spacial score (nSPS) is 9.86. The number of unbranched alkanes of at least 4 members (excludes halogenated alkanes) is 13. The quantitative estimate of drug-likeness (QED) is 0.219. The van der Waals surface area contributed by atoms with Crippen LogP contribution in [0.3, 0.4) is 0 Å². The van der Waals surface area contributed by atoms with Gasteiger partial charge in [0.05, 0.1) is 27.7 Å². The van der Waals surface area contributed by atoms with Crippen LogP contribution in [0.15, 0.2) is 0 Å². The molecule has 28 heavy (non-hydrogen) atoms. The molecule has 0 aromatic heterocycles. The van der Waals surface area contributed by atoms with Crippen LogP contribution in [0.1, 0.15) is 96.8 Å². The molecule has 0 aromatic rings. The van der Waals surface area contributed by atoms with Gasteiger partial charge >= 0.3 is 0 Å². The summed E-state index contributed by atoms with van der Waals surface area (Å²) in [5, 5.41) is 0. The maximum absolute atomic E-state index is 2.29. The molecule has 0 unspecified atom stereocenters. The Morgan fingerprint density at radius 1 is 0.536 bits per heavy atom. The molecular formula is C22H56Br3N3. The second-order valence-electron chi connectivity index (χ2n) is 8.95. The van der Waals surface area contributed by atoms with Crippen LogP contribution in [0.5, 0.6) is 0 Å². The molecule has 0 rings (SSSR count). The van der Waals surface area contributed by atoms with E-state index in [1.165, 1.54) is 96.4 Å². The molecule has 0 heterocycles. The van der Waals surface area contributed by atoms with Crippen molar-refractivity contribution in [1.29, 1.82) is 0 Å². The minimum atomic E-state index is 0. The molecule has 0 aromatic carbocycles. The van der Waals surface area contributed by atoms with Crippen molar-refractivity contribution >= 4 is 34.0 Å². The van der Waals surface area contributed by atoms with Gasteiger partial charge in [0, 0.05) is 0 Å². The van der Waals surface area contributed by atoms with Crippen molar-refractivity contribution in [3.63, 3.8) is 0 Å². The molecular weight excluding hydrogens is 546 g/mol. The summed E-state index contributed by atoms with van der Waals surface area (Å²) in [6, 6.07) is 0. The summed E-state index contributed by atoms with van der Waals surface area (Å²) in [6.07, 6.45) is 20.4. The number of rotatable bonds is 15. The zero-order chi connectivity index (χ0) is 18.7. The third-order valence-corrected chi connectivity index (χ3v) is 4.18. The van der Waals surface area contributed by atoms with E-state index < -0.39 is 0 Å². The van der Waals surface area contributed by atoms with Crippen molar-refractivity contribution in [2.75, 3.05) is 48.8 Å². The van der Waals surface area contributed by atoms with E-state index >= 15 is 0 Å². The first-order chi connectivity index (χ1) is 11.3. The predicted molar refractivity (Wildman–Crippen MR) is 138 cm³/mol. The summed E-state index contributed by atoms with van der Waals surface area (Å²) in [5.41, 5.74) is 0. The zero-order valence-corrected chi connectivity index (χ0v) is 25.4. The van der Waals surface area contributed by atoms with Gasteiger partial charge in [0.2, 0.25) is 0 Å². The molecule has 0 aliphatic carbocycles. The second kappa shape index (κ2) is 33.0. The van der Waals surface area contributed by atoms with Gasteiger partial charge in [0.1, 0.15) is 0 Å². The summed E-state index contributed by atoms with van der Waals surface area (Å²) in [7, 11) is 12.9. The first-order valence-corrected chi connectivity index (χ1v) is 10.7. The molecule has 0 bridgehead atoms. The number of halogens is 3. The Morgan fingerprint density at radius 2 is 0.750 bits per heavy atom. The summed E-state index contributed by atoms with van der Waals surface area (Å²) >= 11 is 0. The van der Waals surface area contributed by atoms with Crippen LogP contribution in [0.2, 0.25) is 0 Å². The van der Waals surface area contributed by atoms with Gasteiger partial charge in [-0.25, -0.2) is 0 Å². The molecule has 0 amide bonds. The van der Waals surface area contributed by atoms with Gasteiger partial charge in [-0.3, -0.25) is 0 Å². The van der Waals surface area contributed by atoms with Gasteiger partial charge in [-0.15, -0.1) is 34.0 Å². The van der Waals surface area contributed by atoms with Crippen molar-refractivity contribution in [2.24, 2.45) is 0 Å². The second-order valence-corrected chi connectivity index (χ2v) is 8.95. The largest absolute Gasteiger partial charge is 1.00 e. The average molecular weight is 602 g/mol. The summed E-state index contributed by atoms with van der Waals surface area (Å²) < 4.78 is 1.12. The van der Waals surface area contributed by atoms with Crippen LogP contribution >= 0.6 is 34.0 Å². The lowest BCUT2D eigenvalue weighted by atomic mass is 10.0. The fourth-order valence-electron chi connectivity index (χ4n) is 2.78. The number of quaternary nitrogens is 1. The van der Waals surface area contributed by atoms with E-state index in [0.29, 0.717) is 0 Å². The smallest absolute Gasteiger partial charge is 0.0780 e. The first kappa shape index (κ1) is 43.2. The Balaban J connectivity index is -0.000000137. The van der Waals surface area contributed by atoms with E-state index in [4.69, 9.17) is 0 Å². The van der Waals surface area contributed by atoms with Gasteiger partial charge in [-0.05, 0) is 34.0 Å². The number of hydrogen-bond acceptors (Lipinski definition) is 2. The Bertz CT molecular complexity index is 233. The van der Waals surface area contributed by atoms with Crippen molar-refractivity contribution < 1.29 is 21.5 Å². The van der Waals surface area contributed by atoms with Crippen molar-refractivity contribution in [2.45, 2.75) is 96.8 Å². The van der Waals surface area contributed by atoms with Crippen molar-refractivity contribution in [1.82, 2.24) is 11.1 Å². The minimum Gasteiger partial charge on any atom is -1.00 e. The Morgan fingerprint density at radius 3 is 0.964 bits per heavy atom. The highest BCUT2D eigenvalue weighted by Crippen LogP contribution is 2.13. The predicted octanol–water partition coefficient (Wildman–Crippen LogP) is 4.67. The van der Waals surface area contributed by atoms with Crippen molar-refractivity contribution in [3.8, 4) is 0 Å². The van der Waals surface area contributed by atoms with Crippen LogP contribution in [0, 0.1) is 0 Å². The van der Waals surface area contributed by atoms with Crippen molar-refractivity contribution in [3.05, 3.63) is 0 Å². The lowest BCUT2D eigenvalue weighted by Crippen LogP contribution is -3.00. The third kappa shape index (κ3) is 56.4. The molecule has 0 spiro atoms. The molecule has 0 aliphatic heterocycles. The monoisotopic (exact) mass is 599 g/mol. The van der Waals surface area contributed by atoms with Gasteiger partial charge in [0.15, 0.2) is 0 Å². The van der Waals surface area contributed by atoms with E-state index in [2.05, 4.69) is 28.1 Å². The minimum absolute atomic E-state index is 0. The number of hydrogen-bond donors (Lipinski definition) is 1. The molecule has 6 heteroatoms. The van der Waals surface area contributed by atoms with Gasteiger partial charge in [-0.2, -0.15) is 0 Å². The summed E-state index contributed by atoms with van der Waals surface area (Å²) in [5.74, 6) is 0. The van der Waals surface area contributed by atoms with Crippen LogP contribution in [0.4, 0.5) is 0 Å². The zero-order valence-electron chi connectivity index (χ0n) is 20.4. The molecule has 180 valence electrons. The standard InChI is InChI=1S/C19H42N.C3H9N.3BrH.H3N/c1-5-6-7-8-9-10-11-12-13-14-15-16-17-18-19-20(2,3)4;1-4(2)3;;;;/h5-19H2,1-4H3;1-3H3;3*1H;1H3/q+1;;;;;/p-1. The number of nitrogens with zero attached hydrogens (tertiary/aromatic N) is 2. The van der Waals surface area contributed by atoms with Crippen LogP contribution in [-0.4, -0.2) is 58.2 Å². The Labute approximate surface area is 211 Å². The third-order valence-electron chi connectivity index (χ3n) is 4.18. The van der Waals surface area contributed by atoms with E-state index in [0.717, 1.165) is 4.48 Å². The van der Waals surface area contributed by atoms with E-state index in [1.54, 1.807) is 0 Å². The molecule has 3 nitrogen and oxygen atoms in total. The molecule has 3 N–H and O–H groups in total. The maximum Gasteiger partial charge on any atom is 0.0780 e. The lowest BCUT2D eigenvalue weighted by molar-refractivity contribution is -0.870. The van der Waals surface area contributed by atoms with Crippen LogP contribution in [-0.2, 0) is 0 Å². The summed E-state index contributed by atoms with van der Waals surface area (Å²) in [6.45, 7) is 3.63. The van der Waals surface area contributed by atoms with E-state index in [1.807, 2.05) is 26.0 Å². The first-order valence-electron chi connectivity index (χ1n) is 10.7. The fourth-order valence-corrected chi connectivity index (χ4v) is 2.78. The van der Waals surface area contributed by atoms with Gasteiger partial charge in [-0.1, -0.05) is 84.0 Å². The Kier molecular flexibility index (Phi) is 50.9. The molecule has 0 atom stereocenters. The topological polar surface area (TPSA) is 38.2 Å². The maximum atomic E-state index is 2.29. The molecule has 0 fully saturated rings.